The minimum Gasteiger partial charge on any atom is -0.351 e. The average Bonchev–Trinajstić information content (AvgIpc) is 2.35. The molecule has 0 aliphatic heterocycles. The third-order valence-electron chi connectivity index (χ3n) is 2.93. The molecule has 0 saturated carbocycles. The molecule has 0 aromatic carbocycles. The van der Waals surface area contributed by atoms with Crippen LogP contribution in [-0.4, -0.2) is 28.0 Å². The Bertz CT molecular complexity index is 451. The zero-order chi connectivity index (χ0) is 14.6. The molecule has 0 radical (unpaired) electrons. The maximum atomic E-state index is 11.2. The number of nitrogens with two attached hydrogens (primary N) is 1. The number of aromatic nitrogens is 2. The van der Waals surface area contributed by atoms with Crippen molar-refractivity contribution < 1.29 is 4.92 Å². The van der Waals surface area contributed by atoms with Gasteiger partial charge in [0.15, 0.2) is 0 Å². The van der Waals surface area contributed by atoms with E-state index in [1.54, 1.807) is 11.9 Å². The third-order valence-corrected chi connectivity index (χ3v) is 2.93. The highest BCUT2D eigenvalue weighted by Crippen LogP contribution is 2.32. The van der Waals surface area contributed by atoms with Gasteiger partial charge in [-0.15, -0.1) is 0 Å². The van der Waals surface area contributed by atoms with Crippen molar-refractivity contribution in [1.29, 1.82) is 0 Å². The fraction of sp³-hybridized carbons (Fsp3) is 0.636. The van der Waals surface area contributed by atoms with E-state index in [0.717, 1.165) is 6.42 Å². The lowest BCUT2D eigenvalue weighted by atomic mass is 10.0. The Labute approximate surface area is 112 Å². The van der Waals surface area contributed by atoms with Crippen LogP contribution >= 0.6 is 0 Å². The number of anilines is 2. The van der Waals surface area contributed by atoms with E-state index in [9.17, 15) is 10.1 Å². The van der Waals surface area contributed by atoms with Gasteiger partial charge in [0.05, 0.1) is 4.92 Å². The van der Waals surface area contributed by atoms with E-state index in [-0.39, 0.29) is 23.4 Å². The molecule has 106 valence electrons. The standard InChI is InChI=1S/C11H20N6O2/c1-7(2)5-8(3)16(4)11-9(17(18)19)10(15-12)13-6-14-11/h6-8H,5,12H2,1-4H3,(H,13,14,15). The summed E-state index contributed by atoms with van der Waals surface area (Å²) in [6.07, 6.45) is 2.17. The first-order chi connectivity index (χ1) is 8.88. The number of rotatable bonds is 6. The molecule has 3 N–H and O–H groups in total. The van der Waals surface area contributed by atoms with Gasteiger partial charge in [-0.3, -0.25) is 10.1 Å². The quantitative estimate of drug-likeness (QED) is 0.457. The van der Waals surface area contributed by atoms with Crippen LogP contribution in [0.15, 0.2) is 6.33 Å². The molecule has 0 bridgehead atoms. The lowest BCUT2D eigenvalue weighted by Gasteiger charge is -2.27. The average molecular weight is 268 g/mol. The number of nitro groups is 1. The number of hydrogen-bond donors (Lipinski definition) is 2. The van der Waals surface area contributed by atoms with Crippen LogP contribution in [0.2, 0.25) is 0 Å². The fourth-order valence-corrected chi connectivity index (χ4v) is 1.95. The molecule has 8 nitrogen and oxygen atoms in total. The topological polar surface area (TPSA) is 110 Å². The van der Waals surface area contributed by atoms with Crippen molar-refractivity contribution in [1.82, 2.24) is 9.97 Å². The molecule has 0 fully saturated rings. The Kier molecular flexibility index (Phi) is 4.99. The molecule has 1 heterocycles. The largest absolute Gasteiger partial charge is 0.354 e. The van der Waals surface area contributed by atoms with E-state index in [1.165, 1.54) is 6.33 Å². The summed E-state index contributed by atoms with van der Waals surface area (Å²) in [4.78, 5) is 20.2. The van der Waals surface area contributed by atoms with E-state index in [4.69, 9.17) is 5.84 Å². The highest BCUT2D eigenvalue weighted by molar-refractivity contribution is 5.69. The molecule has 0 aliphatic carbocycles. The first-order valence-corrected chi connectivity index (χ1v) is 6.07. The number of hydrogen-bond acceptors (Lipinski definition) is 7. The summed E-state index contributed by atoms with van der Waals surface area (Å²) < 4.78 is 0. The van der Waals surface area contributed by atoms with E-state index in [0.29, 0.717) is 5.92 Å². The molecule has 1 aromatic rings. The summed E-state index contributed by atoms with van der Waals surface area (Å²) >= 11 is 0. The summed E-state index contributed by atoms with van der Waals surface area (Å²) in [7, 11) is 1.78. The van der Waals surface area contributed by atoms with Gasteiger partial charge in [-0.1, -0.05) is 13.8 Å². The smallest absolute Gasteiger partial charge is 0.351 e. The highest BCUT2D eigenvalue weighted by Gasteiger charge is 2.27. The number of hydrazine groups is 1. The fourth-order valence-electron chi connectivity index (χ4n) is 1.95. The maximum absolute atomic E-state index is 11.2. The minimum atomic E-state index is -0.525. The second-order valence-electron chi connectivity index (χ2n) is 4.89. The molecule has 1 unspecified atom stereocenters. The van der Waals surface area contributed by atoms with E-state index >= 15 is 0 Å². The molecule has 1 atom stereocenters. The van der Waals surface area contributed by atoms with Crippen molar-refractivity contribution in [3.8, 4) is 0 Å². The van der Waals surface area contributed by atoms with Crippen molar-refractivity contribution in [2.24, 2.45) is 11.8 Å². The highest BCUT2D eigenvalue weighted by atomic mass is 16.6. The summed E-state index contributed by atoms with van der Waals surface area (Å²) in [6.45, 7) is 6.21. The van der Waals surface area contributed by atoms with Crippen molar-refractivity contribution in [2.75, 3.05) is 17.4 Å². The summed E-state index contributed by atoms with van der Waals surface area (Å²) in [5, 5.41) is 11.2. The molecule has 1 aromatic heterocycles. The zero-order valence-electron chi connectivity index (χ0n) is 11.6. The second-order valence-corrected chi connectivity index (χ2v) is 4.89. The van der Waals surface area contributed by atoms with Gasteiger partial charge in [0.1, 0.15) is 6.33 Å². The molecule has 0 amide bonds. The number of nitrogen functional groups attached to an aromatic ring is 1. The van der Waals surface area contributed by atoms with E-state index < -0.39 is 4.92 Å². The van der Waals surface area contributed by atoms with Gasteiger partial charge >= 0.3 is 5.69 Å². The predicted molar refractivity (Wildman–Crippen MR) is 73.8 cm³/mol. The first kappa shape index (κ1) is 15.1. The van der Waals surface area contributed by atoms with E-state index in [2.05, 4.69) is 29.2 Å². The first-order valence-electron chi connectivity index (χ1n) is 6.07. The minimum absolute atomic E-state index is 0.0126. The van der Waals surface area contributed by atoms with Gasteiger partial charge in [0, 0.05) is 13.1 Å². The number of nitrogens with one attached hydrogen (secondary N) is 1. The Morgan fingerprint density at radius 1 is 1.47 bits per heavy atom. The SMILES string of the molecule is CC(C)CC(C)N(C)c1ncnc(NN)c1[N+](=O)[O-]. The molecule has 1 rings (SSSR count). The molecule has 0 aliphatic rings. The molecule has 8 heteroatoms. The van der Waals surface area contributed by atoms with Gasteiger partial charge in [0.2, 0.25) is 11.6 Å². The van der Waals surface area contributed by atoms with E-state index in [1.807, 2.05) is 6.92 Å². The van der Waals surface area contributed by atoms with Crippen molar-refractivity contribution in [2.45, 2.75) is 33.2 Å². The Morgan fingerprint density at radius 3 is 2.58 bits per heavy atom. The lowest BCUT2D eigenvalue weighted by Crippen LogP contribution is -2.31. The molecule has 0 saturated heterocycles. The van der Waals surface area contributed by atoms with Gasteiger partial charge in [-0.2, -0.15) is 0 Å². The van der Waals surface area contributed by atoms with Crippen LogP contribution in [0, 0.1) is 16.0 Å². The Hall–Kier alpha value is -1.96. The summed E-state index contributed by atoms with van der Waals surface area (Å²) in [5.41, 5.74) is 2.03. The van der Waals surface area contributed by atoms with Crippen LogP contribution in [0.5, 0.6) is 0 Å². The monoisotopic (exact) mass is 268 g/mol. The van der Waals surface area contributed by atoms with Crippen molar-refractivity contribution >= 4 is 17.3 Å². The van der Waals surface area contributed by atoms with Crippen LogP contribution < -0.4 is 16.2 Å². The summed E-state index contributed by atoms with van der Waals surface area (Å²) in [6, 6.07) is 0.124. The normalized spacial score (nSPS) is 12.3. The molecule has 19 heavy (non-hydrogen) atoms. The van der Waals surface area contributed by atoms with Crippen LogP contribution in [-0.2, 0) is 0 Å². The predicted octanol–water partition coefficient (Wildman–Crippen LogP) is 1.54. The van der Waals surface area contributed by atoms with Crippen molar-refractivity contribution in [3.63, 3.8) is 0 Å². The molecular weight excluding hydrogens is 248 g/mol. The van der Waals surface area contributed by atoms with Gasteiger partial charge in [0.25, 0.3) is 0 Å². The van der Waals surface area contributed by atoms with Crippen LogP contribution in [0.25, 0.3) is 0 Å². The van der Waals surface area contributed by atoms with Gasteiger partial charge in [-0.25, -0.2) is 15.8 Å². The lowest BCUT2D eigenvalue weighted by molar-refractivity contribution is -0.383. The maximum Gasteiger partial charge on any atom is 0.354 e. The second kappa shape index (κ2) is 6.28. The van der Waals surface area contributed by atoms with Gasteiger partial charge in [-0.05, 0) is 19.3 Å². The third kappa shape index (κ3) is 3.50. The van der Waals surface area contributed by atoms with Crippen molar-refractivity contribution in [3.05, 3.63) is 16.4 Å². The Morgan fingerprint density at radius 2 is 2.11 bits per heavy atom. The molecule has 0 spiro atoms. The molecular formula is C11H20N6O2. The van der Waals surface area contributed by atoms with Gasteiger partial charge < -0.3 is 10.3 Å². The summed E-state index contributed by atoms with van der Waals surface area (Å²) in [5.74, 6) is 6.02. The van der Waals surface area contributed by atoms with Crippen LogP contribution in [0.3, 0.4) is 0 Å². The number of nitrogens with zero attached hydrogens (tertiary/aromatic N) is 4. The van der Waals surface area contributed by atoms with Crippen LogP contribution in [0.1, 0.15) is 27.2 Å². The van der Waals surface area contributed by atoms with Crippen LogP contribution in [0.4, 0.5) is 17.3 Å². The Balaban J connectivity index is 3.15. The zero-order valence-corrected chi connectivity index (χ0v) is 11.6.